The van der Waals surface area contributed by atoms with Gasteiger partial charge in [0.05, 0.1) is 17.7 Å². The number of rotatable bonds is 2. The summed E-state index contributed by atoms with van der Waals surface area (Å²) in [5, 5.41) is 8.37. The lowest BCUT2D eigenvalue weighted by Gasteiger charge is -2.13. The van der Waals surface area contributed by atoms with Gasteiger partial charge in [-0.25, -0.2) is 4.79 Å². The Balaban J connectivity index is 3.41. The molecule has 18 heavy (non-hydrogen) atoms. The van der Waals surface area contributed by atoms with Gasteiger partial charge in [0.2, 0.25) is 0 Å². The summed E-state index contributed by atoms with van der Waals surface area (Å²) in [6.07, 6.45) is -5.02. The molecule has 4 nitrogen and oxygen atoms in total. The van der Waals surface area contributed by atoms with Crippen molar-refractivity contribution >= 4 is 17.6 Å². The number of benzene rings is 1. The summed E-state index contributed by atoms with van der Waals surface area (Å²) < 4.78 is 44.4. The van der Waals surface area contributed by atoms with Crippen LogP contribution < -0.4 is 4.74 Å². The van der Waals surface area contributed by atoms with Gasteiger partial charge in [-0.2, -0.15) is 5.26 Å². The van der Waals surface area contributed by atoms with Crippen LogP contribution in [0.5, 0.6) is 5.75 Å². The molecule has 96 valence electrons. The van der Waals surface area contributed by atoms with Gasteiger partial charge in [-0.1, -0.05) is 11.6 Å². The number of alkyl halides is 3. The number of hydrogen-bond donors (Lipinski definition) is 0. The van der Waals surface area contributed by atoms with E-state index in [1.807, 2.05) is 0 Å². The monoisotopic (exact) mass is 279 g/mol. The summed E-state index contributed by atoms with van der Waals surface area (Å²) in [5.41, 5.74) is -0.990. The minimum atomic E-state index is -5.02. The van der Waals surface area contributed by atoms with Crippen molar-refractivity contribution in [3.8, 4) is 11.8 Å². The highest BCUT2D eigenvalue weighted by Gasteiger charge is 2.34. The van der Waals surface area contributed by atoms with Gasteiger partial charge in [0.1, 0.15) is 11.6 Å². The number of hydrogen-bond acceptors (Lipinski definition) is 4. The Morgan fingerprint density at radius 3 is 2.50 bits per heavy atom. The van der Waals surface area contributed by atoms with Crippen molar-refractivity contribution < 1.29 is 27.4 Å². The molecule has 0 heterocycles. The smallest absolute Gasteiger partial charge is 0.465 e. The minimum absolute atomic E-state index is 0.358. The van der Waals surface area contributed by atoms with Crippen LogP contribution in [0.25, 0.3) is 0 Å². The Bertz CT molecular complexity index is 522. The molecule has 1 rings (SSSR count). The summed E-state index contributed by atoms with van der Waals surface area (Å²) in [6, 6.07) is 3.52. The van der Waals surface area contributed by atoms with Crippen LogP contribution in [0.3, 0.4) is 0 Å². The van der Waals surface area contributed by atoms with Crippen LogP contribution in [0.1, 0.15) is 15.9 Å². The summed E-state index contributed by atoms with van der Waals surface area (Å²) in [6.45, 7) is 0. The fraction of sp³-hybridized carbons (Fsp3) is 0.200. The molecule has 0 fully saturated rings. The number of carbonyl (C=O) groups excluding carboxylic acids is 1. The van der Waals surface area contributed by atoms with Crippen molar-refractivity contribution in [2.75, 3.05) is 7.11 Å². The van der Waals surface area contributed by atoms with E-state index in [0.717, 1.165) is 19.2 Å². The van der Waals surface area contributed by atoms with Crippen LogP contribution in [-0.4, -0.2) is 19.4 Å². The lowest BCUT2D eigenvalue weighted by molar-refractivity contribution is -0.274. The molecule has 0 aliphatic rings. The molecule has 0 N–H and O–H groups in total. The molecule has 0 aromatic heterocycles. The number of nitriles is 1. The van der Waals surface area contributed by atoms with E-state index in [9.17, 15) is 18.0 Å². The zero-order chi connectivity index (χ0) is 13.9. The highest BCUT2D eigenvalue weighted by Crippen LogP contribution is 2.35. The van der Waals surface area contributed by atoms with E-state index in [4.69, 9.17) is 16.9 Å². The fourth-order valence-corrected chi connectivity index (χ4v) is 1.36. The molecule has 0 spiro atoms. The van der Waals surface area contributed by atoms with Crippen LogP contribution in [0.2, 0.25) is 5.02 Å². The molecule has 0 radical (unpaired) electrons. The van der Waals surface area contributed by atoms with Crippen molar-refractivity contribution in [1.82, 2.24) is 0 Å². The predicted octanol–water partition coefficient (Wildman–Crippen LogP) is 2.90. The quantitative estimate of drug-likeness (QED) is 0.781. The van der Waals surface area contributed by atoms with E-state index in [1.54, 1.807) is 0 Å². The molecule has 8 heteroatoms. The molecular formula is C10H5ClF3NO3. The topological polar surface area (TPSA) is 59.3 Å². The molecule has 0 unspecified atom stereocenters. The average Bonchev–Trinajstić information content (AvgIpc) is 2.29. The molecule has 0 aliphatic carbocycles. The van der Waals surface area contributed by atoms with E-state index in [-0.39, 0.29) is 5.56 Å². The Hall–Kier alpha value is -1.94. The predicted molar refractivity (Wildman–Crippen MR) is 54.2 cm³/mol. The molecule has 0 atom stereocenters. The first kappa shape index (κ1) is 14.1. The van der Waals surface area contributed by atoms with E-state index < -0.39 is 28.7 Å². The second kappa shape index (κ2) is 5.14. The lowest BCUT2D eigenvalue weighted by atomic mass is 10.1. The molecule has 1 aromatic rings. The molecule has 0 saturated heterocycles. The number of esters is 1. The number of methoxy groups -OCH3 is 1. The normalized spacial score (nSPS) is 10.7. The second-order valence-electron chi connectivity index (χ2n) is 2.95. The van der Waals surface area contributed by atoms with Gasteiger partial charge in [0.15, 0.2) is 5.75 Å². The number of ether oxygens (including phenoxy) is 2. The standard InChI is InChI=1S/C10H5ClF3NO3/c1-17-9(16)5-2-3-7(11)8(6(5)4-15)18-10(12,13)14/h2-3H,1H3. The van der Waals surface area contributed by atoms with Gasteiger partial charge in [-0.05, 0) is 12.1 Å². The Kier molecular flexibility index (Phi) is 4.03. The van der Waals surface area contributed by atoms with Crippen LogP contribution in [0.4, 0.5) is 13.2 Å². The van der Waals surface area contributed by atoms with Crippen molar-refractivity contribution in [2.24, 2.45) is 0 Å². The molecule has 0 saturated carbocycles. The number of carbonyl (C=O) groups is 1. The third-order valence-electron chi connectivity index (χ3n) is 1.84. The maximum atomic E-state index is 12.1. The zero-order valence-corrected chi connectivity index (χ0v) is 9.59. The van der Waals surface area contributed by atoms with Gasteiger partial charge < -0.3 is 9.47 Å². The summed E-state index contributed by atoms with van der Waals surface area (Å²) in [5.74, 6) is -1.88. The SMILES string of the molecule is COC(=O)c1ccc(Cl)c(OC(F)(F)F)c1C#N. The van der Waals surface area contributed by atoms with Gasteiger partial charge in [0.25, 0.3) is 0 Å². The molecule has 1 aromatic carbocycles. The van der Waals surface area contributed by atoms with Crippen LogP contribution >= 0.6 is 11.6 Å². The first-order chi connectivity index (χ1) is 8.30. The van der Waals surface area contributed by atoms with E-state index in [0.29, 0.717) is 0 Å². The minimum Gasteiger partial charge on any atom is -0.465 e. The first-order valence-corrected chi connectivity index (χ1v) is 4.74. The largest absolute Gasteiger partial charge is 0.573 e. The molecule has 0 bridgehead atoms. The highest BCUT2D eigenvalue weighted by atomic mass is 35.5. The summed E-state index contributed by atoms with van der Waals surface area (Å²) in [7, 11) is 1.03. The Morgan fingerprint density at radius 1 is 1.44 bits per heavy atom. The van der Waals surface area contributed by atoms with Crippen molar-refractivity contribution in [2.45, 2.75) is 6.36 Å². The van der Waals surface area contributed by atoms with E-state index in [1.165, 1.54) is 6.07 Å². The van der Waals surface area contributed by atoms with Crippen molar-refractivity contribution in [1.29, 1.82) is 5.26 Å². The Morgan fingerprint density at radius 2 is 2.06 bits per heavy atom. The van der Waals surface area contributed by atoms with Gasteiger partial charge in [-0.15, -0.1) is 13.2 Å². The van der Waals surface area contributed by atoms with E-state index >= 15 is 0 Å². The first-order valence-electron chi connectivity index (χ1n) is 4.36. The van der Waals surface area contributed by atoms with E-state index in [2.05, 4.69) is 9.47 Å². The fourth-order valence-electron chi connectivity index (χ4n) is 1.16. The molecule has 0 aliphatic heterocycles. The summed E-state index contributed by atoms with van der Waals surface area (Å²) in [4.78, 5) is 11.3. The lowest BCUT2D eigenvalue weighted by Crippen LogP contribution is -2.19. The number of halogens is 4. The summed E-state index contributed by atoms with van der Waals surface area (Å²) >= 11 is 5.51. The third-order valence-corrected chi connectivity index (χ3v) is 2.14. The third kappa shape index (κ3) is 3.05. The van der Waals surface area contributed by atoms with Gasteiger partial charge in [0, 0.05) is 0 Å². The Labute approximate surface area is 104 Å². The molecule has 0 amide bonds. The maximum absolute atomic E-state index is 12.1. The second-order valence-corrected chi connectivity index (χ2v) is 3.36. The number of nitrogens with zero attached hydrogens (tertiary/aromatic N) is 1. The highest BCUT2D eigenvalue weighted by molar-refractivity contribution is 6.32. The zero-order valence-electron chi connectivity index (χ0n) is 8.84. The molecular weight excluding hydrogens is 275 g/mol. The van der Waals surface area contributed by atoms with Gasteiger partial charge >= 0.3 is 12.3 Å². The van der Waals surface area contributed by atoms with Crippen molar-refractivity contribution in [3.05, 3.63) is 28.3 Å². The van der Waals surface area contributed by atoms with Crippen molar-refractivity contribution in [3.63, 3.8) is 0 Å². The van der Waals surface area contributed by atoms with Gasteiger partial charge in [-0.3, -0.25) is 0 Å². The van der Waals surface area contributed by atoms with Crippen LogP contribution in [0, 0.1) is 11.3 Å². The maximum Gasteiger partial charge on any atom is 0.573 e. The van der Waals surface area contributed by atoms with Crippen LogP contribution in [0.15, 0.2) is 12.1 Å². The van der Waals surface area contributed by atoms with Crippen LogP contribution in [-0.2, 0) is 4.74 Å². The average molecular weight is 280 g/mol.